The fourth-order valence-corrected chi connectivity index (χ4v) is 6.53. The number of aliphatic imine (C=N–C) groups is 1. The molecule has 1 aliphatic rings. The van der Waals surface area contributed by atoms with Gasteiger partial charge in [0.05, 0.1) is 5.88 Å². The summed E-state index contributed by atoms with van der Waals surface area (Å²) in [5.74, 6) is -2.58. The molecule has 1 saturated heterocycles. The first-order valence-corrected chi connectivity index (χ1v) is 17.7. The summed E-state index contributed by atoms with van der Waals surface area (Å²) in [6, 6.07) is 4.25. The van der Waals surface area contributed by atoms with Crippen molar-refractivity contribution in [2.45, 2.75) is 96.9 Å². The Kier molecular flexibility index (Phi) is 16.9. The van der Waals surface area contributed by atoms with Gasteiger partial charge in [-0.25, -0.2) is 0 Å². The number of primary amides is 1. The Balaban J connectivity index is 2.25. The molecule has 2 rings (SSSR count). The average Bonchev–Trinajstić information content (AvgIpc) is 3.52. The first kappa shape index (κ1) is 40.8. The Morgan fingerprint density at radius 3 is 1.84 bits per heavy atom. The zero-order valence-corrected chi connectivity index (χ0v) is 29.9. The van der Waals surface area contributed by atoms with Crippen LogP contribution in [0.15, 0.2) is 35.3 Å². The fourth-order valence-electron chi connectivity index (χ4n) is 5.31. The molecule has 1 aromatic rings. The Hall–Kier alpha value is -4.34. The van der Waals surface area contributed by atoms with E-state index < -0.39 is 59.7 Å². The van der Waals surface area contributed by atoms with Gasteiger partial charge in [-0.05, 0) is 43.1 Å². The van der Waals surface area contributed by atoms with Crippen LogP contribution in [0.4, 0.5) is 0 Å². The number of nitrogens with zero attached hydrogens (tertiary/aromatic N) is 2. The number of thioether (sulfide) groups is 1. The third kappa shape index (κ3) is 14.4. The van der Waals surface area contributed by atoms with Crippen LogP contribution < -0.4 is 38.5 Å². The molecule has 0 spiro atoms. The molecule has 0 aromatic heterocycles. The summed E-state index contributed by atoms with van der Waals surface area (Å²) in [6.07, 6.45) is 1.20. The van der Waals surface area contributed by atoms with E-state index >= 15 is 0 Å². The zero-order chi connectivity index (χ0) is 36.7. The van der Waals surface area contributed by atoms with Crippen LogP contribution in [0.5, 0.6) is 0 Å². The van der Waals surface area contributed by atoms with Crippen molar-refractivity contribution in [3.05, 3.63) is 35.9 Å². The van der Waals surface area contributed by atoms with Crippen molar-refractivity contribution in [1.29, 1.82) is 0 Å². The minimum atomic E-state index is -1.05. The van der Waals surface area contributed by atoms with E-state index in [-0.39, 0.29) is 55.9 Å². The molecule has 1 aromatic carbocycles. The number of carbonyl (C=O) groups is 6. The highest BCUT2D eigenvalue weighted by atomic mass is 32.2. The third-order valence-electron chi connectivity index (χ3n) is 7.79. The van der Waals surface area contributed by atoms with Gasteiger partial charge < -0.3 is 43.4 Å². The van der Waals surface area contributed by atoms with Crippen LogP contribution in [-0.2, 0) is 35.2 Å². The van der Waals surface area contributed by atoms with Gasteiger partial charge in [0.25, 0.3) is 0 Å². The molecule has 0 aliphatic carbocycles. The number of nitrogens with one attached hydrogen (secondary N) is 4. The molecule has 5 atom stereocenters. The number of carbonyl (C=O) groups excluding carboxylic acids is 6. The normalized spacial score (nSPS) is 16.6. The average molecular weight is 704 g/mol. The topological polar surface area (TPSA) is 244 Å². The SMILES string of the molecule is CC(=O)N1CSC[C@H]1C(=O)N[C@@H](Cc1ccccc1)C(=O)N[C@@H](CC(C)C)C(=O)N[C@@H](CC(C)C)C(=O)N[C@@H](CCCN=C(N)N)C(N)=O. The molecule has 0 bridgehead atoms. The quantitative estimate of drug-likeness (QED) is 0.0568. The Labute approximate surface area is 292 Å². The Morgan fingerprint density at radius 2 is 1.35 bits per heavy atom. The van der Waals surface area contributed by atoms with E-state index in [0.717, 1.165) is 5.56 Å². The largest absolute Gasteiger partial charge is 0.370 e. The summed E-state index contributed by atoms with van der Waals surface area (Å²) in [6.45, 7) is 9.18. The first-order chi connectivity index (χ1) is 23.1. The second-order valence-corrected chi connectivity index (χ2v) is 14.0. The van der Waals surface area contributed by atoms with Crippen LogP contribution in [0.1, 0.15) is 65.9 Å². The van der Waals surface area contributed by atoms with Crippen molar-refractivity contribution in [3.63, 3.8) is 0 Å². The summed E-state index contributed by atoms with van der Waals surface area (Å²) in [7, 11) is 0. The molecular weight excluding hydrogens is 650 g/mol. The van der Waals surface area contributed by atoms with Gasteiger partial charge in [-0.15, -0.1) is 11.8 Å². The van der Waals surface area contributed by atoms with Crippen LogP contribution in [0.2, 0.25) is 0 Å². The number of benzene rings is 1. The second kappa shape index (κ2) is 20.2. The maximum absolute atomic E-state index is 13.8. The molecular formula is C33H53N9O6S. The number of hydrogen-bond acceptors (Lipinski definition) is 8. The molecule has 16 heteroatoms. The van der Waals surface area contributed by atoms with Crippen molar-refractivity contribution in [2.75, 3.05) is 18.2 Å². The van der Waals surface area contributed by atoms with Crippen LogP contribution in [0.3, 0.4) is 0 Å². The summed E-state index contributed by atoms with van der Waals surface area (Å²) in [5, 5.41) is 11.0. The molecule has 10 N–H and O–H groups in total. The van der Waals surface area contributed by atoms with Crippen molar-refractivity contribution >= 4 is 53.2 Å². The Morgan fingerprint density at radius 1 is 0.816 bits per heavy atom. The molecule has 1 fully saturated rings. The van der Waals surface area contributed by atoms with Gasteiger partial charge in [-0.2, -0.15) is 0 Å². The lowest BCUT2D eigenvalue weighted by molar-refractivity contribution is -0.138. The molecule has 0 saturated carbocycles. The molecule has 6 amide bonds. The van der Waals surface area contributed by atoms with Gasteiger partial charge in [0.15, 0.2) is 5.96 Å². The van der Waals surface area contributed by atoms with Gasteiger partial charge in [-0.1, -0.05) is 58.0 Å². The second-order valence-electron chi connectivity index (χ2n) is 13.0. The maximum atomic E-state index is 13.8. The van der Waals surface area contributed by atoms with Crippen LogP contribution in [0, 0.1) is 11.8 Å². The maximum Gasteiger partial charge on any atom is 0.244 e. The van der Waals surface area contributed by atoms with Gasteiger partial charge in [0.2, 0.25) is 35.4 Å². The minimum absolute atomic E-state index is 0.0168. The number of rotatable bonds is 19. The number of amides is 6. The van der Waals surface area contributed by atoms with Crippen molar-refractivity contribution in [2.24, 2.45) is 34.0 Å². The molecule has 49 heavy (non-hydrogen) atoms. The van der Waals surface area contributed by atoms with E-state index in [1.54, 1.807) is 0 Å². The standard InChI is InChI=1S/C33H53N9O6S/c1-19(2)14-24(29(45)38-23(28(34)44)12-9-13-37-33(35)36)39-30(46)25(15-20(3)4)40-31(47)26(16-22-10-7-6-8-11-22)41-32(48)27-17-49-18-42(27)21(5)43/h6-8,10-11,19-20,23-27H,9,12-18H2,1-5H3,(H2,34,44)(H,38,45)(H,39,46)(H,40,47)(H,41,48)(H4,35,36,37)/t23-,24-,25-,26-,27-/m0/s1. The van der Waals surface area contributed by atoms with Crippen LogP contribution in [-0.4, -0.2) is 94.7 Å². The highest BCUT2D eigenvalue weighted by Crippen LogP contribution is 2.21. The predicted octanol–water partition coefficient (Wildman–Crippen LogP) is -0.279. The number of nitrogens with two attached hydrogens (primary N) is 3. The molecule has 0 radical (unpaired) electrons. The van der Waals surface area contributed by atoms with E-state index in [1.807, 2.05) is 58.0 Å². The summed E-state index contributed by atoms with van der Waals surface area (Å²) in [4.78, 5) is 83.9. The van der Waals surface area contributed by atoms with Gasteiger partial charge >= 0.3 is 0 Å². The van der Waals surface area contributed by atoms with E-state index in [2.05, 4.69) is 26.3 Å². The molecule has 0 unspecified atom stereocenters. The smallest absolute Gasteiger partial charge is 0.244 e. The van der Waals surface area contributed by atoms with Crippen molar-refractivity contribution in [1.82, 2.24) is 26.2 Å². The highest BCUT2D eigenvalue weighted by molar-refractivity contribution is 7.99. The van der Waals surface area contributed by atoms with Crippen molar-refractivity contribution < 1.29 is 28.8 Å². The minimum Gasteiger partial charge on any atom is -0.370 e. The summed E-state index contributed by atoms with van der Waals surface area (Å²) in [5.41, 5.74) is 17.0. The van der Waals surface area contributed by atoms with E-state index in [4.69, 9.17) is 17.2 Å². The highest BCUT2D eigenvalue weighted by Gasteiger charge is 2.36. The Bertz CT molecular complexity index is 1320. The fraction of sp³-hybridized carbons (Fsp3) is 0.606. The summed E-state index contributed by atoms with van der Waals surface area (Å²) < 4.78 is 0. The third-order valence-corrected chi connectivity index (χ3v) is 8.80. The molecule has 15 nitrogen and oxygen atoms in total. The molecule has 1 heterocycles. The van der Waals surface area contributed by atoms with E-state index in [1.165, 1.54) is 23.6 Å². The number of guanidine groups is 1. The van der Waals surface area contributed by atoms with Gasteiger partial charge in [0.1, 0.15) is 30.2 Å². The van der Waals surface area contributed by atoms with E-state index in [0.29, 0.717) is 18.1 Å². The first-order valence-electron chi connectivity index (χ1n) is 16.5. The van der Waals surface area contributed by atoms with E-state index in [9.17, 15) is 28.8 Å². The van der Waals surface area contributed by atoms with Gasteiger partial charge in [0, 0.05) is 25.6 Å². The summed E-state index contributed by atoms with van der Waals surface area (Å²) >= 11 is 1.45. The molecule has 1 aliphatic heterocycles. The number of hydrogen-bond donors (Lipinski definition) is 7. The van der Waals surface area contributed by atoms with Crippen LogP contribution in [0.25, 0.3) is 0 Å². The zero-order valence-electron chi connectivity index (χ0n) is 29.1. The lowest BCUT2D eigenvalue weighted by Crippen LogP contribution is -2.59. The lowest BCUT2D eigenvalue weighted by Gasteiger charge is -2.28. The van der Waals surface area contributed by atoms with Gasteiger partial charge in [-0.3, -0.25) is 33.8 Å². The van der Waals surface area contributed by atoms with Crippen molar-refractivity contribution in [3.8, 4) is 0 Å². The van der Waals surface area contributed by atoms with Crippen LogP contribution >= 0.6 is 11.8 Å². The predicted molar refractivity (Wildman–Crippen MR) is 190 cm³/mol. The lowest BCUT2D eigenvalue weighted by atomic mass is 9.98. The molecule has 272 valence electrons. The monoisotopic (exact) mass is 703 g/mol.